The van der Waals surface area contributed by atoms with Gasteiger partial charge in [0.2, 0.25) is 0 Å². The van der Waals surface area contributed by atoms with E-state index in [9.17, 15) is 0 Å². The molecule has 3 nitrogen and oxygen atoms in total. The molecule has 1 atom stereocenters. The summed E-state index contributed by atoms with van der Waals surface area (Å²) in [6.07, 6.45) is 0.920. The van der Waals surface area contributed by atoms with Gasteiger partial charge >= 0.3 is 0 Å². The highest BCUT2D eigenvalue weighted by molar-refractivity contribution is 9.10. The fraction of sp³-hybridized carbons (Fsp3) is 0.400. The van der Waals surface area contributed by atoms with E-state index in [2.05, 4.69) is 45.4 Å². The summed E-state index contributed by atoms with van der Waals surface area (Å²) >= 11 is 9.85. The van der Waals surface area contributed by atoms with Crippen LogP contribution in [0.3, 0.4) is 0 Å². The molecule has 0 radical (unpaired) electrons. The predicted octanol–water partition coefficient (Wildman–Crippen LogP) is 4.66. The molecule has 0 aliphatic rings. The van der Waals surface area contributed by atoms with E-state index >= 15 is 0 Å². The van der Waals surface area contributed by atoms with Crippen LogP contribution in [0.4, 0.5) is 5.69 Å². The Hall–Kier alpha value is -1.000. The maximum Gasteiger partial charge on any atom is 0.0767 e. The van der Waals surface area contributed by atoms with Crippen molar-refractivity contribution >= 4 is 33.2 Å². The summed E-state index contributed by atoms with van der Waals surface area (Å²) in [6.45, 7) is 4.80. The molecule has 0 saturated carbocycles. The molecule has 2 aromatic rings. The molecule has 0 amide bonds. The number of nitrogens with one attached hydrogen (secondary N) is 1. The largest absolute Gasteiger partial charge is 0.379 e. The lowest BCUT2D eigenvalue weighted by atomic mass is 10.1. The molecule has 2 rings (SSSR count). The Kier molecular flexibility index (Phi) is 5.11. The van der Waals surface area contributed by atoms with Crippen molar-refractivity contribution in [2.45, 2.75) is 32.2 Å². The van der Waals surface area contributed by atoms with E-state index < -0.39 is 0 Å². The van der Waals surface area contributed by atoms with Crippen molar-refractivity contribution in [2.75, 3.05) is 5.32 Å². The molecule has 1 N–H and O–H groups in total. The molecule has 1 aromatic heterocycles. The quantitative estimate of drug-likeness (QED) is 0.790. The molecular weight excluding hydrogens is 338 g/mol. The SMILES string of the molecule is CCc1nn(C)c(CNc2ccccc2C(C)Cl)c1Br. The highest BCUT2D eigenvalue weighted by Crippen LogP contribution is 2.28. The van der Waals surface area contributed by atoms with Crippen LogP contribution in [0, 0.1) is 0 Å². The third kappa shape index (κ3) is 3.18. The zero-order valence-corrected chi connectivity index (χ0v) is 14.3. The molecule has 108 valence electrons. The first-order chi connectivity index (χ1) is 9.54. The van der Waals surface area contributed by atoms with E-state index in [0.717, 1.165) is 33.5 Å². The minimum atomic E-state index is -0.0140. The van der Waals surface area contributed by atoms with Crippen molar-refractivity contribution in [1.82, 2.24) is 9.78 Å². The minimum absolute atomic E-state index is 0.0140. The van der Waals surface area contributed by atoms with E-state index in [1.165, 1.54) is 0 Å². The van der Waals surface area contributed by atoms with E-state index in [1.807, 2.05) is 30.8 Å². The van der Waals surface area contributed by atoms with Crippen molar-refractivity contribution in [3.8, 4) is 0 Å². The highest BCUT2D eigenvalue weighted by Gasteiger charge is 2.13. The summed E-state index contributed by atoms with van der Waals surface area (Å²) in [5.74, 6) is 0. The number of aryl methyl sites for hydroxylation is 2. The second-order valence-corrected chi connectivity index (χ2v) is 6.19. The van der Waals surface area contributed by atoms with Gasteiger partial charge in [-0.3, -0.25) is 4.68 Å². The zero-order valence-electron chi connectivity index (χ0n) is 12.0. The maximum atomic E-state index is 6.21. The molecule has 1 aromatic carbocycles. The standard InChI is InChI=1S/C15H19BrClN3/c1-4-12-15(16)14(20(3)19-12)9-18-13-8-6-5-7-11(13)10(2)17/h5-8,10,18H,4,9H2,1-3H3. The Morgan fingerprint density at radius 2 is 2.10 bits per heavy atom. The van der Waals surface area contributed by atoms with Crippen molar-refractivity contribution in [3.63, 3.8) is 0 Å². The van der Waals surface area contributed by atoms with Gasteiger partial charge in [0.15, 0.2) is 0 Å². The van der Waals surface area contributed by atoms with Crippen molar-refractivity contribution in [1.29, 1.82) is 0 Å². The van der Waals surface area contributed by atoms with E-state index in [4.69, 9.17) is 11.6 Å². The van der Waals surface area contributed by atoms with Gasteiger partial charge in [0.25, 0.3) is 0 Å². The van der Waals surface area contributed by atoms with Gasteiger partial charge in [0.05, 0.1) is 27.8 Å². The van der Waals surface area contributed by atoms with Gasteiger partial charge in [-0.2, -0.15) is 5.10 Å². The van der Waals surface area contributed by atoms with Crippen LogP contribution in [0.25, 0.3) is 0 Å². The topological polar surface area (TPSA) is 29.9 Å². The summed E-state index contributed by atoms with van der Waals surface area (Å²) in [5, 5.41) is 7.94. The molecule has 0 aliphatic carbocycles. The van der Waals surface area contributed by atoms with Gasteiger partial charge in [0, 0.05) is 12.7 Å². The molecular formula is C15H19BrClN3. The third-order valence-corrected chi connectivity index (χ3v) is 4.49. The third-order valence-electron chi connectivity index (χ3n) is 3.34. The first-order valence-electron chi connectivity index (χ1n) is 6.71. The Morgan fingerprint density at radius 3 is 2.70 bits per heavy atom. The summed E-state index contributed by atoms with van der Waals surface area (Å²) in [4.78, 5) is 0. The van der Waals surface area contributed by atoms with Crippen molar-refractivity contribution in [3.05, 3.63) is 45.7 Å². The molecule has 0 spiro atoms. The average molecular weight is 357 g/mol. The van der Waals surface area contributed by atoms with Crippen LogP contribution < -0.4 is 5.32 Å². The fourth-order valence-corrected chi connectivity index (χ4v) is 3.14. The smallest absolute Gasteiger partial charge is 0.0767 e. The summed E-state index contributed by atoms with van der Waals surface area (Å²) in [5.41, 5.74) is 4.41. The molecule has 0 fully saturated rings. The number of benzene rings is 1. The molecule has 0 bridgehead atoms. The monoisotopic (exact) mass is 355 g/mol. The molecule has 1 heterocycles. The lowest BCUT2D eigenvalue weighted by Crippen LogP contribution is -2.07. The molecule has 5 heteroatoms. The Bertz CT molecular complexity index is 593. The van der Waals surface area contributed by atoms with Crippen LogP contribution in [0.2, 0.25) is 0 Å². The summed E-state index contributed by atoms with van der Waals surface area (Å²) in [6, 6.07) is 8.13. The number of hydrogen-bond acceptors (Lipinski definition) is 2. The zero-order chi connectivity index (χ0) is 14.7. The van der Waals surface area contributed by atoms with Crippen LogP contribution in [0.1, 0.15) is 36.2 Å². The van der Waals surface area contributed by atoms with Gasteiger partial charge in [-0.05, 0) is 40.9 Å². The minimum Gasteiger partial charge on any atom is -0.379 e. The lowest BCUT2D eigenvalue weighted by molar-refractivity contribution is 0.706. The molecule has 0 aliphatic heterocycles. The molecule has 1 unspecified atom stereocenters. The lowest BCUT2D eigenvalue weighted by Gasteiger charge is -2.13. The number of halogens is 2. The van der Waals surface area contributed by atoms with Gasteiger partial charge in [-0.15, -0.1) is 11.6 Å². The predicted molar refractivity (Wildman–Crippen MR) is 88.3 cm³/mol. The van der Waals surface area contributed by atoms with Gasteiger partial charge in [0.1, 0.15) is 0 Å². The van der Waals surface area contributed by atoms with E-state index in [0.29, 0.717) is 6.54 Å². The van der Waals surface area contributed by atoms with Crippen LogP contribution in [0.15, 0.2) is 28.7 Å². The number of rotatable bonds is 5. The van der Waals surface area contributed by atoms with Crippen LogP contribution in [0.5, 0.6) is 0 Å². The van der Waals surface area contributed by atoms with Crippen molar-refractivity contribution < 1.29 is 0 Å². The first kappa shape index (κ1) is 15.4. The maximum absolute atomic E-state index is 6.21. The van der Waals surface area contributed by atoms with E-state index in [-0.39, 0.29) is 5.38 Å². The molecule has 0 saturated heterocycles. The fourth-order valence-electron chi connectivity index (χ4n) is 2.20. The Labute approximate surface area is 133 Å². The number of alkyl halides is 1. The van der Waals surface area contributed by atoms with Gasteiger partial charge in [-0.1, -0.05) is 25.1 Å². The summed E-state index contributed by atoms with van der Waals surface area (Å²) < 4.78 is 3.01. The van der Waals surface area contributed by atoms with Gasteiger partial charge in [-0.25, -0.2) is 0 Å². The van der Waals surface area contributed by atoms with Crippen LogP contribution >= 0.6 is 27.5 Å². The average Bonchev–Trinajstić information content (AvgIpc) is 2.71. The number of anilines is 1. The Morgan fingerprint density at radius 1 is 1.40 bits per heavy atom. The summed E-state index contributed by atoms with van der Waals surface area (Å²) in [7, 11) is 1.97. The number of nitrogens with zero attached hydrogens (tertiary/aromatic N) is 2. The van der Waals surface area contributed by atoms with Crippen LogP contribution in [-0.4, -0.2) is 9.78 Å². The normalized spacial score (nSPS) is 12.4. The number of aromatic nitrogens is 2. The molecule has 20 heavy (non-hydrogen) atoms. The van der Waals surface area contributed by atoms with Crippen molar-refractivity contribution in [2.24, 2.45) is 7.05 Å². The number of hydrogen-bond donors (Lipinski definition) is 1. The van der Waals surface area contributed by atoms with Gasteiger partial charge < -0.3 is 5.32 Å². The second-order valence-electron chi connectivity index (χ2n) is 4.74. The van der Waals surface area contributed by atoms with E-state index in [1.54, 1.807) is 0 Å². The first-order valence-corrected chi connectivity index (χ1v) is 7.94. The second kappa shape index (κ2) is 6.64. The Balaban J connectivity index is 2.19. The highest BCUT2D eigenvalue weighted by atomic mass is 79.9. The van der Waals surface area contributed by atoms with Crippen LogP contribution in [-0.2, 0) is 20.0 Å². The number of para-hydroxylation sites is 1.